The quantitative estimate of drug-likeness (QED) is 0.885. The fourth-order valence-electron chi connectivity index (χ4n) is 3.16. The molecule has 2 nitrogen and oxygen atoms in total. The number of benzene rings is 1. The van der Waals surface area contributed by atoms with Crippen molar-refractivity contribution in [2.24, 2.45) is 11.7 Å². The van der Waals surface area contributed by atoms with Gasteiger partial charge in [-0.05, 0) is 42.2 Å². The molecule has 0 fully saturated rings. The van der Waals surface area contributed by atoms with Crippen LogP contribution in [0.1, 0.15) is 50.2 Å². The first-order valence-electron chi connectivity index (χ1n) is 6.97. The average Bonchev–Trinajstić information content (AvgIpc) is 2.40. The third kappa shape index (κ3) is 2.32. The lowest BCUT2D eigenvalue weighted by molar-refractivity contribution is 0.145. The smallest absolute Gasteiger partial charge is 0.0465 e. The van der Waals surface area contributed by atoms with Gasteiger partial charge in [-0.3, -0.25) is 0 Å². The van der Waals surface area contributed by atoms with Crippen LogP contribution < -0.4 is 5.73 Å². The molecule has 1 aromatic carbocycles. The Labute approximate surface area is 111 Å². The van der Waals surface area contributed by atoms with Crippen molar-refractivity contribution in [2.75, 3.05) is 13.7 Å². The minimum absolute atomic E-state index is 0.179. The van der Waals surface area contributed by atoms with Crippen LogP contribution in [0.3, 0.4) is 0 Å². The maximum atomic E-state index is 6.76. The predicted octanol–water partition coefficient (Wildman–Crippen LogP) is 3.41. The summed E-state index contributed by atoms with van der Waals surface area (Å²) in [5.41, 5.74) is 9.38. The van der Waals surface area contributed by atoms with Gasteiger partial charge >= 0.3 is 0 Å². The second-order valence-corrected chi connectivity index (χ2v) is 5.75. The van der Waals surface area contributed by atoms with Crippen LogP contribution in [0.5, 0.6) is 0 Å². The Morgan fingerprint density at radius 3 is 2.89 bits per heavy atom. The van der Waals surface area contributed by atoms with E-state index in [1.807, 2.05) is 0 Å². The number of hydrogen-bond acceptors (Lipinski definition) is 2. The zero-order chi connectivity index (χ0) is 13.2. The van der Waals surface area contributed by atoms with E-state index in [9.17, 15) is 0 Å². The lowest BCUT2D eigenvalue weighted by Gasteiger charge is -2.42. The summed E-state index contributed by atoms with van der Waals surface area (Å²) in [7, 11) is 1.76. The molecule has 0 bridgehead atoms. The molecular weight excluding hydrogens is 222 g/mol. The van der Waals surface area contributed by atoms with Gasteiger partial charge in [0.25, 0.3) is 0 Å². The number of fused-ring (bicyclic) bond motifs is 1. The molecule has 0 radical (unpaired) electrons. The maximum Gasteiger partial charge on any atom is 0.0465 e. The average molecular weight is 247 g/mol. The molecule has 0 saturated heterocycles. The van der Waals surface area contributed by atoms with Gasteiger partial charge in [0, 0.05) is 19.3 Å². The number of nitrogens with two attached hydrogens (primary N) is 1. The molecule has 1 aromatic rings. The van der Waals surface area contributed by atoms with Crippen LogP contribution in [0.2, 0.25) is 0 Å². The van der Waals surface area contributed by atoms with Crippen LogP contribution >= 0.6 is 0 Å². The molecule has 0 aromatic heterocycles. The first-order chi connectivity index (χ1) is 8.59. The Balaban J connectivity index is 2.31. The lowest BCUT2D eigenvalue weighted by Crippen LogP contribution is -2.46. The van der Waals surface area contributed by atoms with Crippen molar-refractivity contribution in [3.63, 3.8) is 0 Å². The zero-order valence-corrected chi connectivity index (χ0v) is 11.8. The lowest BCUT2D eigenvalue weighted by atomic mass is 9.67. The molecule has 1 aliphatic rings. The molecule has 2 rings (SSSR count). The van der Waals surface area contributed by atoms with Crippen LogP contribution in [0.4, 0.5) is 0 Å². The fraction of sp³-hybridized carbons (Fsp3) is 0.625. The largest absolute Gasteiger partial charge is 0.385 e. The first-order valence-corrected chi connectivity index (χ1v) is 6.97. The summed E-state index contributed by atoms with van der Waals surface area (Å²) in [6.45, 7) is 5.35. The van der Waals surface area contributed by atoms with Gasteiger partial charge < -0.3 is 10.5 Å². The van der Waals surface area contributed by atoms with Crippen molar-refractivity contribution < 1.29 is 4.74 Å². The van der Waals surface area contributed by atoms with Gasteiger partial charge in [0.05, 0.1) is 0 Å². The number of ether oxygens (including phenoxy) is 1. The summed E-state index contributed by atoms with van der Waals surface area (Å²) < 4.78 is 5.20. The monoisotopic (exact) mass is 247 g/mol. The van der Waals surface area contributed by atoms with E-state index in [4.69, 9.17) is 10.5 Å². The summed E-state index contributed by atoms with van der Waals surface area (Å²) in [5, 5.41) is 0. The standard InChI is InChI=1S/C16H25NO/c1-12-8-10-16(17,13(2)9-11-18-3)15-7-5-4-6-14(12)15/h4-7,12-13H,8-11,17H2,1-3H3. The second kappa shape index (κ2) is 5.41. The highest BCUT2D eigenvalue weighted by Crippen LogP contribution is 2.44. The van der Waals surface area contributed by atoms with E-state index in [0.29, 0.717) is 11.8 Å². The molecule has 0 heterocycles. The van der Waals surface area contributed by atoms with Gasteiger partial charge in [0.1, 0.15) is 0 Å². The van der Waals surface area contributed by atoms with Gasteiger partial charge in [-0.1, -0.05) is 38.1 Å². The van der Waals surface area contributed by atoms with Crippen LogP contribution in [0.15, 0.2) is 24.3 Å². The minimum atomic E-state index is -0.179. The topological polar surface area (TPSA) is 35.2 Å². The zero-order valence-electron chi connectivity index (χ0n) is 11.8. The third-order valence-corrected chi connectivity index (χ3v) is 4.62. The highest BCUT2D eigenvalue weighted by atomic mass is 16.5. The van der Waals surface area contributed by atoms with Crippen molar-refractivity contribution in [3.8, 4) is 0 Å². The number of methoxy groups -OCH3 is 1. The van der Waals surface area contributed by atoms with Crippen LogP contribution in [-0.4, -0.2) is 13.7 Å². The van der Waals surface area contributed by atoms with Crippen molar-refractivity contribution in [1.29, 1.82) is 0 Å². The molecular formula is C16H25NO. The third-order valence-electron chi connectivity index (χ3n) is 4.62. The molecule has 0 spiro atoms. The number of rotatable bonds is 4. The van der Waals surface area contributed by atoms with E-state index in [-0.39, 0.29) is 5.54 Å². The van der Waals surface area contributed by atoms with Crippen molar-refractivity contribution >= 4 is 0 Å². The summed E-state index contributed by atoms with van der Waals surface area (Å²) in [6.07, 6.45) is 3.29. The highest BCUT2D eigenvalue weighted by Gasteiger charge is 2.39. The highest BCUT2D eigenvalue weighted by molar-refractivity contribution is 5.38. The Bertz CT molecular complexity index is 404. The van der Waals surface area contributed by atoms with E-state index in [1.165, 1.54) is 17.5 Å². The van der Waals surface area contributed by atoms with Crippen LogP contribution in [0, 0.1) is 5.92 Å². The van der Waals surface area contributed by atoms with Gasteiger partial charge in [0.2, 0.25) is 0 Å². The van der Waals surface area contributed by atoms with E-state index in [2.05, 4.69) is 38.1 Å². The Morgan fingerprint density at radius 1 is 1.44 bits per heavy atom. The Morgan fingerprint density at radius 2 is 2.17 bits per heavy atom. The van der Waals surface area contributed by atoms with Gasteiger partial charge in [-0.25, -0.2) is 0 Å². The van der Waals surface area contributed by atoms with E-state index >= 15 is 0 Å². The summed E-state index contributed by atoms with van der Waals surface area (Å²) in [6, 6.07) is 8.69. The molecule has 0 saturated carbocycles. The van der Waals surface area contributed by atoms with Crippen LogP contribution in [-0.2, 0) is 10.3 Å². The maximum absolute atomic E-state index is 6.76. The Kier molecular flexibility index (Phi) is 4.08. The van der Waals surface area contributed by atoms with Gasteiger partial charge in [-0.2, -0.15) is 0 Å². The molecule has 18 heavy (non-hydrogen) atoms. The van der Waals surface area contributed by atoms with Crippen molar-refractivity contribution in [3.05, 3.63) is 35.4 Å². The minimum Gasteiger partial charge on any atom is -0.385 e. The first kappa shape index (κ1) is 13.6. The summed E-state index contributed by atoms with van der Waals surface area (Å²) in [4.78, 5) is 0. The molecule has 2 heteroatoms. The molecule has 3 unspecified atom stereocenters. The molecule has 0 aliphatic heterocycles. The van der Waals surface area contributed by atoms with Crippen LogP contribution in [0.25, 0.3) is 0 Å². The molecule has 1 aliphatic carbocycles. The second-order valence-electron chi connectivity index (χ2n) is 5.75. The molecule has 0 amide bonds. The van der Waals surface area contributed by atoms with Gasteiger partial charge in [0.15, 0.2) is 0 Å². The van der Waals surface area contributed by atoms with Gasteiger partial charge in [-0.15, -0.1) is 0 Å². The molecule has 100 valence electrons. The van der Waals surface area contributed by atoms with E-state index < -0.39 is 0 Å². The molecule has 2 N–H and O–H groups in total. The van der Waals surface area contributed by atoms with E-state index in [1.54, 1.807) is 7.11 Å². The van der Waals surface area contributed by atoms with E-state index in [0.717, 1.165) is 19.4 Å². The van der Waals surface area contributed by atoms with Crippen molar-refractivity contribution in [1.82, 2.24) is 0 Å². The SMILES string of the molecule is COCCC(C)C1(N)CCC(C)c2ccccc21. The predicted molar refractivity (Wildman–Crippen MR) is 75.6 cm³/mol. The normalized spacial score (nSPS) is 28.8. The summed E-state index contributed by atoms with van der Waals surface area (Å²) in [5.74, 6) is 1.08. The Hall–Kier alpha value is -0.860. The van der Waals surface area contributed by atoms with Crippen molar-refractivity contribution in [2.45, 2.75) is 44.6 Å². The fourth-order valence-corrected chi connectivity index (χ4v) is 3.16. The summed E-state index contributed by atoms with van der Waals surface area (Å²) >= 11 is 0. The molecule has 3 atom stereocenters. The number of hydrogen-bond donors (Lipinski definition) is 1.